The van der Waals surface area contributed by atoms with Crippen LogP contribution in [0.15, 0.2) is 22.5 Å². The first kappa shape index (κ1) is 12.8. The molecule has 0 amide bonds. The molecule has 1 aromatic rings. The fourth-order valence-electron chi connectivity index (χ4n) is 2.05. The van der Waals surface area contributed by atoms with Gasteiger partial charge in [-0.15, -0.1) is 17.8 Å². The van der Waals surface area contributed by atoms with E-state index >= 15 is 0 Å². The second kappa shape index (κ2) is 6.31. The van der Waals surface area contributed by atoms with E-state index in [-0.39, 0.29) is 0 Å². The van der Waals surface area contributed by atoms with E-state index in [0.717, 1.165) is 32.1 Å². The average molecular weight is 262 g/mol. The monoisotopic (exact) mass is 262 g/mol. The van der Waals surface area contributed by atoms with Crippen molar-refractivity contribution in [1.29, 1.82) is 0 Å². The number of anilines is 1. The average Bonchev–Trinajstić information content (AvgIpc) is 2.94. The number of nitrogens with one attached hydrogen (secondary N) is 1. The second-order valence-electron chi connectivity index (χ2n) is 4.03. The number of thiophene rings is 1. The van der Waals surface area contributed by atoms with Crippen molar-refractivity contribution in [1.82, 2.24) is 10.2 Å². The molecule has 18 heavy (non-hydrogen) atoms. The summed E-state index contributed by atoms with van der Waals surface area (Å²) in [5, 5.41) is 6.63. The summed E-state index contributed by atoms with van der Waals surface area (Å²) in [5.41, 5.74) is 0. The summed E-state index contributed by atoms with van der Waals surface area (Å²) in [6.07, 6.45) is 5.25. The molecule has 2 heterocycles. The smallest absolute Gasteiger partial charge is 0.194 e. The van der Waals surface area contributed by atoms with Crippen LogP contribution >= 0.6 is 11.3 Å². The molecule has 1 aliphatic heterocycles. The highest BCUT2D eigenvalue weighted by molar-refractivity contribution is 7.14. The van der Waals surface area contributed by atoms with Crippen molar-refractivity contribution >= 4 is 22.3 Å². The van der Waals surface area contributed by atoms with Gasteiger partial charge in [-0.25, -0.2) is 0 Å². The largest absolute Gasteiger partial charge is 0.360 e. The van der Waals surface area contributed by atoms with Gasteiger partial charge in [0.05, 0.1) is 11.5 Å². The molecule has 0 aromatic carbocycles. The fourth-order valence-corrected chi connectivity index (χ4v) is 2.84. The molecule has 1 saturated heterocycles. The van der Waals surface area contributed by atoms with Crippen LogP contribution in [0.5, 0.6) is 0 Å². The highest BCUT2D eigenvalue weighted by atomic mass is 32.1. The lowest BCUT2D eigenvalue weighted by molar-refractivity contribution is 0.375. The zero-order chi connectivity index (χ0) is 12.8. The molecule has 0 radical (unpaired) electrons. The van der Waals surface area contributed by atoms with Crippen LogP contribution in [0.1, 0.15) is 0 Å². The number of nitrogens with zero attached hydrogens (tertiary/aromatic N) is 3. The van der Waals surface area contributed by atoms with Crippen LogP contribution in [0.2, 0.25) is 0 Å². The highest BCUT2D eigenvalue weighted by Gasteiger charge is 2.19. The van der Waals surface area contributed by atoms with Crippen molar-refractivity contribution in [2.75, 3.05) is 44.7 Å². The van der Waals surface area contributed by atoms with Gasteiger partial charge in [0.1, 0.15) is 0 Å². The van der Waals surface area contributed by atoms with Crippen molar-refractivity contribution in [2.24, 2.45) is 4.99 Å². The number of guanidine groups is 1. The standard InChI is InChI=1S/C13H18N4S/c1-3-6-15-13(14-2)17-9-7-16(8-10-17)12-5-4-11-18-12/h1,4-5,11H,6-10H2,2H3,(H,14,15). The van der Waals surface area contributed by atoms with E-state index in [1.807, 2.05) is 0 Å². The molecule has 0 atom stereocenters. The van der Waals surface area contributed by atoms with Gasteiger partial charge in [-0.1, -0.05) is 5.92 Å². The molecular formula is C13H18N4S. The zero-order valence-electron chi connectivity index (χ0n) is 10.6. The van der Waals surface area contributed by atoms with E-state index in [9.17, 15) is 0 Å². The van der Waals surface area contributed by atoms with E-state index in [0.29, 0.717) is 6.54 Å². The first-order valence-electron chi connectivity index (χ1n) is 6.02. The number of hydrogen-bond acceptors (Lipinski definition) is 3. The SMILES string of the molecule is C#CCNC(=NC)N1CCN(c2cccs2)CC1. The quantitative estimate of drug-likeness (QED) is 0.491. The summed E-state index contributed by atoms with van der Waals surface area (Å²) < 4.78 is 0. The first-order valence-corrected chi connectivity index (χ1v) is 6.90. The molecule has 0 aliphatic carbocycles. The minimum atomic E-state index is 0.526. The Bertz CT molecular complexity index is 424. The molecule has 96 valence electrons. The van der Waals surface area contributed by atoms with Crippen molar-refractivity contribution in [3.05, 3.63) is 17.5 Å². The Balaban J connectivity index is 1.88. The Kier molecular flexibility index (Phi) is 4.48. The van der Waals surface area contributed by atoms with E-state index in [4.69, 9.17) is 6.42 Å². The van der Waals surface area contributed by atoms with Gasteiger partial charge in [-0.2, -0.15) is 0 Å². The minimum Gasteiger partial charge on any atom is -0.360 e. The minimum absolute atomic E-state index is 0.526. The summed E-state index contributed by atoms with van der Waals surface area (Å²) in [7, 11) is 1.80. The van der Waals surface area contributed by atoms with E-state index in [2.05, 4.69) is 43.5 Å². The Labute approximate surface area is 112 Å². The lowest BCUT2D eigenvalue weighted by Crippen LogP contribution is -2.52. The molecule has 1 aromatic heterocycles. The summed E-state index contributed by atoms with van der Waals surface area (Å²) in [6, 6.07) is 4.27. The van der Waals surface area contributed by atoms with Crippen molar-refractivity contribution in [2.45, 2.75) is 0 Å². The summed E-state index contributed by atoms with van der Waals surface area (Å²) in [6.45, 7) is 4.52. The van der Waals surface area contributed by atoms with Gasteiger partial charge < -0.3 is 15.1 Å². The molecule has 0 bridgehead atoms. The van der Waals surface area contributed by atoms with E-state index < -0.39 is 0 Å². The Morgan fingerprint density at radius 3 is 2.83 bits per heavy atom. The van der Waals surface area contributed by atoms with Crippen molar-refractivity contribution in [3.63, 3.8) is 0 Å². The Hall–Kier alpha value is -1.67. The van der Waals surface area contributed by atoms with Gasteiger partial charge in [0.25, 0.3) is 0 Å². The number of aliphatic imine (C=N–C) groups is 1. The molecule has 1 aliphatic rings. The van der Waals surface area contributed by atoms with E-state index in [1.54, 1.807) is 18.4 Å². The number of rotatable bonds is 2. The first-order chi connectivity index (χ1) is 8.85. The third-order valence-electron chi connectivity index (χ3n) is 2.96. The van der Waals surface area contributed by atoms with Crippen LogP contribution in [-0.2, 0) is 0 Å². The van der Waals surface area contributed by atoms with Crippen LogP contribution in [-0.4, -0.2) is 50.6 Å². The fraction of sp³-hybridized carbons (Fsp3) is 0.462. The van der Waals surface area contributed by atoms with Crippen LogP contribution in [0.25, 0.3) is 0 Å². The summed E-state index contributed by atoms with van der Waals surface area (Å²) in [5.74, 6) is 3.48. The second-order valence-corrected chi connectivity index (χ2v) is 4.96. The van der Waals surface area contributed by atoms with Crippen molar-refractivity contribution in [3.8, 4) is 12.3 Å². The maximum Gasteiger partial charge on any atom is 0.194 e. The maximum absolute atomic E-state index is 5.25. The molecule has 5 heteroatoms. The molecule has 1 N–H and O–H groups in total. The number of hydrogen-bond donors (Lipinski definition) is 1. The maximum atomic E-state index is 5.25. The zero-order valence-corrected chi connectivity index (χ0v) is 11.4. The summed E-state index contributed by atoms with van der Waals surface area (Å²) >= 11 is 1.79. The lowest BCUT2D eigenvalue weighted by Gasteiger charge is -2.36. The molecular weight excluding hydrogens is 244 g/mol. The Morgan fingerprint density at radius 1 is 1.50 bits per heavy atom. The molecule has 0 spiro atoms. The summed E-state index contributed by atoms with van der Waals surface area (Å²) in [4.78, 5) is 8.92. The lowest BCUT2D eigenvalue weighted by atomic mass is 10.3. The van der Waals surface area contributed by atoms with Crippen LogP contribution < -0.4 is 10.2 Å². The van der Waals surface area contributed by atoms with Crippen molar-refractivity contribution < 1.29 is 0 Å². The third kappa shape index (κ3) is 2.96. The number of piperazine rings is 1. The van der Waals surface area contributed by atoms with E-state index in [1.165, 1.54) is 5.00 Å². The van der Waals surface area contributed by atoms with Gasteiger partial charge >= 0.3 is 0 Å². The predicted octanol–water partition coefficient (Wildman–Crippen LogP) is 1.08. The highest BCUT2D eigenvalue weighted by Crippen LogP contribution is 2.22. The van der Waals surface area contributed by atoms with Gasteiger partial charge in [-0.3, -0.25) is 4.99 Å². The van der Waals surface area contributed by atoms with Gasteiger partial charge in [0.15, 0.2) is 5.96 Å². The van der Waals surface area contributed by atoms with Crippen LogP contribution in [0.4, 0.5) is 5.00 Å². The topological polar surface area (TPSA) is 30.9 Å². The predicted molar refractivity (Wildman–Crippen MR) is 78.3 cm³/mol. The normalized spacial score (nSPS) is 16.6. The molecule has 0 unspecified atom stereocenters. The van der Waals surface area contributed by atoms with Crippen LogP contribution in [0.3, 0.4) is 0 Å². The third-order valence-corrected chi connectivity index (χ3v) is 3.89. The Morgan fingerprint density at radius 2 is 2.28 bits per heavy atom. The van der Waals surface area contributed by atoms with Gasteiger partial charge in [0, 0.05) is 33.2 Å². The molecule has 1 fully saturated rings. The van der Waals surface area contributed by atoms with Crippen LogP contribution in [0, 0.1) is 12.3 Å². The molecule has 4 nitrogen and oxygen atoms in total. The molecule has 0 saturated carbocycles. The van der Waals surface area contributed by atoms with Gasteiger partial charge in [-0.05, 0) is 17.5 Å². The molecule has 2 rings (SSSR count). The number of terminal acetylenes is 1. The van der Waals surface area contributed by atoms with Gasteiger partial charge in [0.2, 0.25) is 0 Å².